The molecule has 4 nitrogen and oxygen atoms in total. The molecule has 0 bridgehead atoms. The Labute approximate surface area is 139 Å². The summed E-state index contributed by atoms with van der Waals surface area (Å²) in [7, 11) is -3.38. The molecule has 0 aromatic heterocycles. The Balaban J connectivity index is 1.72. The summed E-state index contributed by atoms with van der Waals surface area (Å²) in [5, 5.41) is 3.35. The molecule has 1 saturated heterocycles. The normalized spacial score (nSPS) is 28.5. The zero-order chi connectivity index (χ0) is 15.9. The smallest absolute Gasteiger partial charge is 0.243 e. The van der Waals surface area contributed by atoms with Crippen LogP contribution in [0.4, 0.5) is 5.69 Å². The van der Waals surface area contributed by atoms with Gasteiger partial charge in [0.05, 0.1) is 4.90 Å². The van der Waals surface area contributed by atoms with Crippen molar-refractivity contribution in [1.29, 1.82) is 0 Å². The average Bonchev–Trinajstić information content (AvgIpc) is 2.60. The highest BCUT2D eigenvalue weighted by molar-refractivity contribution is 7.89. The molecule has 23 heavy (non-hydrogen) atoms. The number of nitrogens with zero attached hydrogens (tertiary/aromatic N) is 1. The number of hydrogen-bond donors (Lipinski definition) is 1. The number of nitrogens with one attached hydrogen (secondary N) is 1. The van der Waals surface area contributed by atoms with Crippen molar-refractivity contribution in [2.45, 2.75) is 62.3 Å². The maximum Gasteiger partial charge on any atom is 0.243 e. The zero-order valence-corrected chi connectivity index (χ0v) is 14.4. The van der Waals surface area contributed by atoms with Crippen LogP contribution in [0.2, 0.25) is 0 Å². The molecule has 126 valence electrons. The van der Waals surface area contributed by atoms with Crippen LogP contribution < -0.4 is 5.32 Å². The van der Waals surface area contributed by atoms with E-state index in [2.05, 4.69) is 5.32 Å². The lowest BCUT2D eigenvalue weighted by atomic mass is 9.79. The van der Waals surface area contributed by atoms with Crippen LogP contribution in [0.3, 0.4) is 0 Å². The van der Waals surface area contributed by atoms with Crippen LogP contribution >= 0.6 is 0 Å². The van der Waals surface area contributed by atoms with Gasteiger partial charge in [-0.1, -0.05) is 18.9 Å². The second-order valence-corrected chi connectivity index (χ2v) is 9.04. The Morgan fingerprint density at radius 3 is 2.78 bits per heavy atom. The van der Waals surface area contributed by atoms with Gasteiger partial charge < -0.3 is 5.32 Å². The van der Waals surface area contributed by atoms with E-state index in [-0.39, 0.29) is 6.04 Å². The monoisotopic (exact) mass is 334 g/mol. The quantitative estimate of drug-likeness (QED) is 0.902. The van der Waals surface area contributed by atoms with Gasteiger partial charge in [0.25, 0.3) is 0 Å². The van der Waals surface area contributed by atoms with Gasteiger partial charge in [-0.2, -0.15) is 4.31 Å². The Bertz CT molecular complexity index is 684. The van der Waals surface area contributed by atoms with E-state index in [9.17, 15) is 8.42 Å². The molecule has 1 aliphatic carbocycles. The Morgan fingerprint density at radius 2 is 1.87 bits per heavy atom. The predicted molar refractivity (Wildman–Crippen MR) is 92.1 cm³/mol. The Kier molecular flexibility index (Phi) is 4.10. The standard InChI is InChI=1S/C18H26N2O2S/c21-23(22,18-11-3-9-16-15(18)8-4-12-19-16)20-13-5-7-14-6-1-2-10-17(14)20/h3,9,11,14,17,19H,1-2,4-8,10,12-13H2. The third-order valence-corrected chi connectivity index (χ3v) is 7.84. The third-order valence-electron chi connectivity index (χ3n) is 5.83. The molecule has 0 radical (unpaired) electrons. The number of benzene rings is 1. The van der Waals surface area contributed by atoms with E-state index < -0.39 is 10.0 Å². The molecule has 1 aromatic rings. The summed E-state index contributed by atoms with van der Waals surface area (Å²) in [6.07, 6.45) is 8.74. The first-order chi connectivity index (χ1) is 11.2. The predicted octanol–water partition coefficient (Wildman–Crippen LogP) is 3.39. The van der Waals surface area contributed by atoms with E-state index in [0.29, 0.717) is 17.4 Å². The van der Waals surface area contributed by atoms with Gasteiger partial charge in [0.15, 0.2) is 0 Å². The van der Waals surface area contributed by atoms with Gasteiger partial charge in [0, 0.05) is 24.8 Å². The summed E-state index contributed by atoms with van der Waals surface area (Å²) < 4.78 is 28.7. The number of hydrogen-bond acceptors (Lipinski definition) is 3. The summed E-state index contributed by atoms with van der Waals surface area (Å²) in [5.74, 6) is 0.574. The SMILES string of the molecule is O=S(=O)(c1cccc2c1CCCN2)N1CCCC2CCCCC21. The topological polar surface area (TPSA) is 49.4 Å². The van der Waals surface area contributed by atoms with E-state index in [0.717, 1.165) is 43.5 Å². The van der Waals surface area contributed by atoms with Gasteiger partial charge >= 0.3 is 0 Å². The molecule has 0 amide bonds. The largest absolute Gasteiger partial charge is 0.385 e. The van der Waals surface area contributed by atoms with Crippen LogP contribution in [0, 0.1) is 5.92 Å². The molecule has 2 heterocycles. The second kappa shape index (κ2) is 6.10. The molecule has 2 unspecified atom stereocenters. The Morgan fingerprint density at radius 1 is 1.04 bits per heavy atom. The fourth-order valence-electron chi connectivity index (χ4n) is 4.72. The van der Waals surface area contributed by atoms with Gasteiger partial charge in [-0.3, -0.25) is 0 Å². The molecule has 5 heteroatoms. The van der Waals surface area contributed by atoms with E-state index in [4.69, 9.17) is 0 Å². The summed E-state index contributed by atoms with van der Waals surface area (Å²) in [4.78, 5) is 0.549. The molecule has 4 rings (SSSR count). The molecule has 1 saturated carbocycles. The van der Waals surface area contributed by atoms with Gasteiger partial charge in [-0.25, -0.2) is 8.42 Å². The van der Waals surface area contributed by atoms with Crippen molar-refractivity contribution in [3.8, 4) is 0 Å². The Hall–Kier alpha value is -1.07. The average molecular weight is 334 g/mol. The minimum absolute atomic E-state index is 0.231. The fraction of sp³-hybridized carbons (Fsp3) is 0.667. The van der Waals surface area contributed by atoms with E-state index in [1.165, 1.54) is 25.7 Å². The highest BCUT2D eigenvalue weighted by Gasteiger charge is 2.40. The number of fused-ring (bicyclic) bond motifs is 2. The molecule has 1 N–H and O–H groups in total. The van der Waals surface area contributed by atoms with Gasteiger partial charge in [0.1, 0.15) is 0 Å². The first-order valence-electron chi connectivity index (χ1n) is 9.05. The summed E-state index contributed by atoms with van der Waals surface area (Å²) >= 11 is 0. The van der Waals surface area contributed by atoms with Crippen LogP contribution in [-0.4, -0.2) is 31.9 Å². The third kappa shape index (κ3) is 2.68. The lowest BCUT2D eigenvalue weighted by molar-refractivity contribution is 0.129. The van der Waals surface area contributed by atoms with E-state index in [1.54, 1.807) is 0 Å². The minimum atomic E-state index is -3.38. The lowest BCUT2D eigenvalue weighted by Crippen LogP contribution is -2.49. The maximum atomic E-state index is 13.4. The zero-order valence-electron chi connectivity index (χ0n) is 13.6. The van der Waals surface area contributed by atoms with Crippen molar-refractivity contribution < 1.29 is 8.42 Å². The van der Waals surface area contributed by atoms with E-state index in [1.807, 2.05) is 22.5 Å². The molecular formula is C18H26N2O2S. The lowest BCUT2D eigenvalue weighted by Gasteiger charge is -2.43. The van der Waals surface area contributed by atoms with Crippen molar-refractivity contribution >= 4 is 15.7 Å². The van der Waals surface area contributed by atoms with Crippen LogP contribution in [0.1, 0.15) is 50.5 Å². The highest BCUT2D eigenvalue weighted by atomic mass is 32.2. The molecule has 2 aliphatic heterocycles. The molecule has 2 fully saturated rings. The highest BCUT2D eigenvalue weighted by Crippen LogP contribution is 2.39. The molecule has 2 atom stereocenters. The van der Waals surface area contributed by atoms with Crippen molar-refractivity contribution in [2.24, 2.45) is 5.92 Å². The number of rotatable bonds is 2. The molecule has 3 aliphatic rings. The summed E-state index contributed by atoms with van der Waals surface area (Å²) in [6.45, 7) is 1.63. The first-order valence-corrected chi connectivity index (χ1v) is 10.5. The fourth-order valence-corrected chi connectivity index (χ4v) is 6.75. The van der Waals surface area contributed by atoms with Crippen LogP contribution in [-0.2, 0) is 16.4 Å². The summed E-state index contributed by atoms with van der Waals surface area (Å²) in [5.41, 5.74) is 2.01. The number of anilines is 1. The van der Waals surface area contributed by atoms with Crippen LogP contribution in [0.25, 0.3) is 0 Å². The second-order valence-electron chi connectivity index (χ2n) is 7.18. The van der Waals surface area contributed by atoms with Gasteiger partial charge in [-0.05, 0) is 62.1 Å². The molecular weight excluding hydrogens is 308 g/mol. The number of sulfonamides is 1. The van der Waals surface area contributed by atoms with Gasteiger partial charge in [-0.15, -0.1) is 0 Å². The van der Waals surface area contributed by atoms with Crippen LogP contribution in [0.15, 0.2) is 23.1 Å². The molecule has 0 spiro atoms. The minimum Gasteiger partial charge on any atom is -0.385 e. The van der Waals surface area contributed by atoms with Crippen molar-refractivity contribution in [3.05, 3.63) is 23.8 Å². The van der Waals surface area contributed by atoms with E-state index >= 15 is 0 Å². The summed E-state index contributed by atoms with van der Waals surface area (Å²) in [6, 6.07) is 5.93. The van der Waals surface area contributed by atoms with Crippen molar-refractivity contribution in [3.63, 3.8) is 0 Å². The number of piperidine rings is 1. The first kappa shape index (κ1) is 15.5. The van der Waals surface area contributed by atoms with Crippen molar-refractivity contribution in [1.82, 2.24) is 4.31 Å². The van der Waals surface area contributed by atoms with Gasteiger partial charge in [0.2, 0.25) is 10.0 Å². The van der Waals surface area contributed by atoms with Crippen LogP contribution in [0.5, 0.6) is 0 Å². The molecule has 1 aromatic carbocycles. The maximum absolute atomic E-state index is 13.4. The van der Waals surface area contributed by atoms with Crippen molar-refractivity contribution in [2.75, 3.05) is 18.4 Å².